The number of hydrogen-bond donors (Lipinski definition) is 2. The van der Waals surface area contributed by atoms with Gasteiger partial charge in [0.15, 0.2) is 23.3 Å². The zero-order valence-electron chi connectivity index (χ0n) is 33.6. The van der Waals surface area contributed by atoms with Gasteiger partial charge in [0, 0.05) is 80.2 Å². The Morgan fingerprint density at radius 3 is 1.44 bits per heavy atom. The fraction of sp³-hybridized carbons (Fsp3) is 0.364. The molecule has 0 atom stereocenters. The number of piperidine rings is 4. The number of nitrogens with zero attached hydrogens (tertiary/aromatic N) is 8. The summed E-state index contributed by atoms with van der Waals surface area (Å²) in [5.41, 5.74) is 12.9. The van der Waals surface area contributed by atoms with E-state index in [1.165, 1.54) is 24.3 Å². The Bertz CT molecular complexity index is 2460. The average Bonchev–Trinajstić information content (AvgIpc) is 3.24. The van der Waals surface area contributed by atoms with Gasteiger partial charge in [-0.05, 0) is 99.9 Å². The summed E-state index contributed by atoms with van der Waals surface area (Å²) >= 11 is 5.98. The van der Waals surface area contributed by atoms with Gasteiger partial charge in [-0.3, -0.25) is 9.59 Å². The van der Waals surface area contributed by atoms with E-state index in [9.17, 15) is 31.5 Å². The second-order valence-electron chi connectivity index (χ2n) is 16.2. The summed E-state index contributed by atoms with van der Waals surface area (Å²) in [7, 11) is 0. The molecule has 4 fully saturated rings. The Morgan fingerprint density at radius 1 is 0.532 bits per heavy atom. The predicted octanol–water partition coefficient (Wildman–Crippen LogP) is 8.25. The molecule has 9 rings (SSSR count). The maximum absolute atomic E-state index is 14.0. The lowest BCUT2D eigenvalue weighted by molar-refractivity contribution is -0.122. The van der Waals surface area contributed by atoms with Gasteiger partial charge in [0.1, 0.15) is 22.6 Å². The second-order valence-corrected chi connectivity index (χ2v) is 16.6. The minimum absolute atomic E-state index is 0.0555. The van der Waals surface area contributed by atoms with Crippen molar-refractivity contribution in [2.75, 3.05) is 57.2 Å². The zero-order valence-corrected chi connectivity index (χ0v) is 34.4. The standard InChI is InChI=1S/C25H24F3N5O.C19H20ClF2N5O/c26-17-5-3-16(4-6-17)21-15-22(31-24(29)30-21)32-12-10-25(11-13-32)9-1-2-23(34)33(25)18-7-8-19(27)20(28)14-18;20-15-11-16(25-18(23)24-15)26-8-6-19(7-9-26)5-1-2-17(28)27(19)12-3-4-13(21)14(22)10-12/h3-8,14-15H,1-2,9-13H2,(H2,29,30,31);3-4,10-11H,1-2,5-9H2,(H2,23,24,25). The molecule has 4 saturated heterocycles. The number of benzene rings is 3. The predicted molar refractivity (Wildman–Crippen MR) is 227 cm³/mol. The number of rotatable bonds is 5. The van der Waals surface area contributed by atoms with Gasteiger partial charge < -0.3 is 31.1 Å². The van der Waals surface area contributed by atoms with Crippen molar-refractivity contribution in [3.05, 3.63) is 107 Å². The lowest BCUT2D eigenvalue weighted by atomic mass is 9.78. The van der Waals surface area contributed by atoms with Gasteiger partial charge in [0.25, 0.3) is 0 Å². The molecule has 62 heavy (non-hydrogen) atoms. The molecule has 0 bridgehead atoms. The van der Waals surface area contributed by atoms with Gasteiger partial charge >= 0.3 is 0 Å². The molecule has 2 spiro atoms. The molecule has 12 nitrogen and oxygen atoms in total. The normalized spacial score (nSPS) is 18.5. The van der Waals surface area contributed by atoms with Crippen LogP contribution in [-0.4, -0.2) is 69.0 Å². The second kappa shape index (κ2) is 17.3. The number of halogens is 6. The molecular formula is C44H44ClF5N10O2. The summed E-state index contributed by atoms with van der Waals surface area (Å²) in [6.45, 7) is 2.49. The number of aromatic nitrogens is 4. The van der Waals surface area contributed by atoms with Crippen molar-refractivity contribution < 1.29 is 31.5 Å². The first-order valence-corrected chi connectivity index (χ1v) is 20.9. The minimum Gasteiger partial charge on any atom is -0.368 e. The number of anilines is 6. The Balaban J connectivity index is 0.000000174. The van der Waals surface area contributed by atoms with Crippen LogP contribution in [0.25, 0.3) is 11.3 Å². The summed E-state index contributed by atoms with van der Waals surface area (Å²) in [6, 6.07) is 16.8. The molecule has 2 amide bonds. The zero-order chi connectivity index (χ0) is 43.8. The first-order chi connectivity index (χ1) is 29.7. The average molecular weight is 875 g/mol. The van der Waals surface area contributed by atoms with Crippen LogP contribution in [0.4, 0.5) is 56.9 Å². The quantitative estimate of drug-likeness (QED) is 0.131. The number of amides is 2. The highest BCUT2D eigenvalue weighted by atomic mass is 35.5. The van der Waals surface area contributed by atoms with E-state index in [0.717, 1.165) is 55.5 Å². The van der Waals surface area contributed by atoms with E-state index >= 15 is 0 Å². The molecule has 4 N–H and O–H groups in total. The summed E-state index contributed by atoms with van der Waals surface area (Å²) < 4.78 is 68.0. The van der Waals surface area contributed by atoms with Crippen molar-refractivity contribution in [2.24, 2.45) is 0 Å². The Hall–Kier alpha value is -6.10. The summed E-state index contributed by atoms with van der Waals surface area (Å²) in [6.07, 6.45) is 6.59. The minimum atomic E-state index is -0.965. The highest BCUT2D eigenvalue weighted by Gasteiger charge is 2.47. The van der Waals surface area contributed by atoms with Crippen molar-refractivity contribution in [1.82, 2.24) is 19.9 Å². The third kappa shape index (κ3) is 8.67. The Labute approximate surface area is 359 Å². The molecule has 4 aliphatic heterocycles. The van der Waals surface area contributed by atoms with E-state index in [0.29, 0.717) is 93.4 Å². The summed E-state index contributed by atoms with van der Waals surface area (Å²) in [5.74, 6) is -2.70. The SMILES string of the molecule is Nc1nc(-c2ccc(F)cc2)cc(N2CCC3(CCCC(=O)N3c3ccc(F)c(F)c3)CC2)n1.Nc1nc(Cl)cc(N2CCC3(CCCC(=O)N3c3ccc(F)c(F)c3)CC2)n1. The van der Waals surface area contributed by atoms with Gasteiger partial charge in [-0.1, -0.05) is 11.6 Å². The maximum atomic E-state index is 14.0. The van der Waals surface area contributed by atoms with Crippen LogP contribution >= 0.6 is 11.6 Å². The molecule has 324 valence electrons. The van der Waals surface area contributed by atoms with Crippen molar-refractivity contribution in [1.29, 1.82) is 0 Å². The third-order valence-electron chi connectivity index (χ3n) is 12.4. The van der Waals surface area contributed by atoms with E-state index in [-0.39, 0.29) is 34.7 Å². The van der Waals surface area contributed by atoms with Gasteiger partial charge in [-0.2, -0.15) is 9.97 Å². The first kappa shape index (κ1) is 42.6. The van der Waals surface area contributed by atoms with Gasteiger partial charge in [0.2, 0.25) is 23.7 Å². The van der Waals surface area contributed by atoms with Crippen LogP contribution < -0.4 is 31.1 Å². The summed E-state index contributed by atoms with van der Waals surface area (Å²) in [5, 5.41) is 0.277. The van der Waals surface area contributed by atoms with E-state index < -0.39 is 34.3 Å². The number of hydrogen-bond acceptors (Lipinski definition) is 10. The van der Waals surface area contributed by atoms with Crippen LogP contribution in [0.15, 0.2) is 72.8 Å². The Kier molecular flexibility index (Phi) is 11.9. The molecule has 0 unspecified atom stereocenters. The van der Waals surface area contributed by atoms with Crippen LogP contribution in [0.5, 0.6) is 0 Å². The van der Waals surface area contributed by atoms with Gasteiger partial charge in [0.05, 0.1) is 16.8 Å². The lowest BCUT2D eigenvalue weighted by Crippen LogP contribution is -2.60. The van der Waals surface area contributed by atoms with E-state index in [2.05, 4.69) is 29.7 Å². The van der Waals surface area contributed by atoms with Crippen LogP contribution in [0.2, 0.25) is 5.15 Å². The van der Waals surface area contributed by atoms with Gasteiger partial charge in [-0.25, -0.2) is 31.9 Å². The van der Waals surface area contributed by atoms with Crippen molar-refractivity contribution in [3.63, 3.8) is 0 Å². The monoisotopic (exact) mass is 874 g/mol. The molecule has 4 aliphatic rings. The van der Waals surface area contributed by atoms with Crippen LogP contribution in [0.3, 0.4) is 0 Å². The van der Waals surface area contributed by atoms with Crippen molar-refractivity contribution in [3.8, 4) is 11.3 Å². The summed E-state index contributed by atoms with van der Waals surface area (Å²) in [4.78, 5) is 50.0. The molecule has 3 aromatic carbocycles. The molecule has 2 aromatic heterocycles. The molecule has 0 saturated carbocycles. The van der Waals surface area contributed by atoms with Crippen LogP contribution in [-0.2, 0) is 9.59 Å². The highest BCUT2D eigenvalue weighted by Crippen LogP contribution is 2.44. The molecular weight excluding hydrogens is 831 g/mol. The fourth-order valence-electron chi connectivity index (χ4n) is 9.42. The van der Waals surface area contributed by atoms with E-state index in [1.807, 2.05) is 6.07 Å². The highest BCUT2D eigenvalue weighted by molar-refractivity contribution is 6.29. The van der Waals surface area contributed by atoms with Crippen molar-refractivity contribution >= 4 is 58.3 Å². The Morgan fingerprint density at radius 2 is 0.984 bits per heavy atom. The van der Waals surface area contributed by atoms with Crippen LogP contribution in [0.1, 0.15) is 64.2 Å². The number of carbonyl (C=O) groups excluding carboxylic acids is 2. The number of nitrogen functional groups attached to an aromatic ring is 2. The molecule has 6 heterocycles. The largest absolute Gasteiger partial charge is 0.368 e. The first-order valence-electron chi connectivity index (χ1n) is 20.5. The fourth-order valence-corrected chi connectivity index (χ4v) is 9.60. The molecule has 5 aromatic rings. The molecule has 0 aliphatic carbocycles. The van der Waals surface area contributed by atoms with Crippen LogP contribution in [0, 0.1) is 29.1 Å². The van der Waals surface area contributed by atoms with Gasteiger partial charge in [-0.15, -0.1) is 0 Å². The lowest BCUT2D eigenvalue weighted by Gasteiger charge is -2.51. The van der Waals surface area contributed by atoms with Crippen molar-refractivity contribution in [2.45, 2.75) is 75.3 Å². The van der Waals surface area contributed by atoms with E-state index in [4.69, 9.17) is 23.1 Å². The van der Waals surface area contributed by atoms with E-state index in [1.54, 1.807) is 28.0 Å². The molecule has 0 radical (unpaired) electrons. The molecule has 18 heteroatoms. The number of nitrogens with two attached hydrogens (primary N) is 2. The maximum Gasteiger partial charge on any atom is 0.227 e. The number of carbonyl (C=O) groups is 2. The third-order valence-corrected chi connectivity index (χ3v) is 12.6. The topological polar surface area (TPSA) is 151 Å². The smallest absolute Gasteiger partial charge is 0.227 e.